The second kappa shape index (κ2) is 11.3. The van der Waals surface area contributed by atoms with Crippen LogP contribution >= 0.6 is 0 Å². The number of amides is 2. The van der Waals surface area contributed by atoms with E-state index in [0.29, 0.717) is 17.9 Å². The molecule has 0 spiro atoms. The summed E-state index contributed by atoms with van der Waals surface area (Å²) in [4.78, 5) is 28.1. The third kappa shape index (κ3) is 5.80. The number of hydrogen-bond acceptors (Lipinski definition) is 3. The van der Waals surface area contributed by atoms with E-state index in [1.807, 2.05) is 23.1 Å². The molecule has 0 bridgehead atoms. The minimum absolute atomic E-state index is 0.00160. The number of nitrogens with zero attached hydrogens (tertiary/aromatic N) is 1. The predicted molar refractivity (Wildman–Crippen MR) is 137 cm³/mol. The minimum atomic E-state index is -0.299. The number of fused-ring (bicyclic) bond motifs is 1. The van der Waals surface area contributed by atoms with Crippen molar-refractivity contribution in [1.29, 1.82) is 0 Å². The lowest BCUT2D eigenvalue weighted by Gasteiger charge is -2.44. The van der Waals surface area contributed by atoms with Gasteiger partial charge in [-0.05, 0) is 73.6 Å². The van der Waals surface area contributed by atoms with Crippen LogP contribution in [-0.4, -0.2) is 34.9 Å². The maximum absolute atomic E-state index is 13.8. The van der Waals surface area contributed by atoms with Gasteiger partial charge in [0.2, 0.25) is 0 Å². The van der Waals surface area contributed by atoms with Crippen molar-refractivity contribution in [2.75, 3.05) is 0 Å². The first kappa shape index (κ1) is 24.5. The Morgan fingerprint density at radius 3 is 2.44 bits per heavy atom. The molecule has 0 radical (unpaired) electrons. The molecule has 2 aromatic rings. The summed E-state index contributed by atoms with van der Waals surface area (Å²) in [6.45, 7) is 0.360. The van der Waals surface area contributed by atoms with Crippen LogP contribution < -0.4 is 5.32 Å². The number of hydrogen-bond donors (Lipinski definition) is 1. The Kier molecular flexibility index (Phi) is 7.69. The van der Waals surface area contributed by atoms with E-state index in [4.69, 9.17) is 4.74 Å². The monoisotopic (exact) mass is 490 g/mol. The number of benzene rings is 2. The van der Waals surface area contributed by atoms with Gasteiger partial charge >= 0.3 is 0 Å². The Bertz CT molecular complexity index is 1110. The molecule has 190 valence electrons. The molecular weight excluding hydrogens is 455 g/mol. The average Bonchev–Trinajstić information content (AvgIpc) is 3.15. The summed E-state index contributed by atoms with van der Waals surface area (Å²) in [7, 11) is 0. The SMILES string of the molecule is O=C(NC1CCCCCC1)c1ccc(/C=C2\OC3CCCCC3N(Cc3cccc(F)c3)C2=O)cc1. The van der Waals surface area contributed by atoms with Crippen molar-refractivity contribution < 1.29 is 18.7 Å². The van der Waals surface area contributed by atoms with Gasteiger partial charge in [0.25, 0.3) is 11.8 Å². The molecule has 2 aliphatic carbocycles. The predicted octanol–water partition coefficient (Wildman–Crippen LogP) is 5.99. The third-order valence-electron chi connectivity index (χ3n) is 7.72. The second-order valence-corrected chi connectivity index (χ2v) is 10.4. The minimum Gasteiger partial charge on any atom is -0.482 e. The van der Waals surface area contributed by atoms with Gasteiger partial charge in [-0.15, -0.1) is 0 Å². The van der Waals surface area contributed by atoms with E-state index < -0.39 is 0 Å². The first-order valence-corrected chi connectivity index (χ1v) is 13.4. The summed E-state index contributed by atoms with van der Waals surface area (Å²) in [5.74, 6) is -0.201. The van der Waals surface area contributed by atoms with Crippen molar-refractivity contribution in [3.8, 4) is 0 Å². The second-order valence-electron chi connectivity index (χ2n) is 10.4. The van der Waals surface area contributed by atoms with Crippen LogP contribution in [0, 0.1) is 5.82 Å². The molecule has 1 heterocycles. The van der Waals surface area contributed by atoms with Crippen LogP contribution in [0.3, 0.4) is 0 Å². The van der Waals surface area contributed by atoms with Crippen LogP contribution in [0.15, 0.2) is 54.3 Å². The summed E-state index contributed by atoms with van der Waals surface area (Å²) in [6.07, 6.45) is 12.6. The standard InChI is InChI=1S/C30H35FN2O3/c31-24-9-7-8-22(18-24)20-33-26-12-5-6-13-27(26)36-28(30(33)35)19-21-14-16-23(17-15-21)29(34)32-25-10-3-1-2-4-11-25/h7-9,14-19,25-27H,1-6,10-13,20H2,(H,32,34)/b28-19-. The largest absolute Gasteiger partial charge is 0.482 e. The zero-order valence-electron chi connectivity index (χ0n) is 20.8. The molecule has 3 fully saturated rings. The van der Waals surface area contributed by atoms with E-state index in [-0.39, 0.29) is 35.8 Å². The number of ether oxygens (including phenoxy) is 1. The van der Waals surface area contributed by atoms with Gasteiger partial charge in [0.15, 0.2) is 5.76 Å². The highest BCUT2D eigenvalue weighted by molar-refractivity contribution is 5.97. The first-order chi connectivity index (χ1) is 17.6. The highest BCUT2D eigenvalue weighted by Crippen LogP contribution is 2.34. The molecule has 6 heteroatoms. The number of carbonyl (C=O) groups excluding carboxylic acids is 2. The van der Waals surface area contributed by atoms with E-state index in [0.717, 1.165) is 49.7 Å². The fourth-order valence-electron chi connectivity index (χ4n) is 5.77. The van der Waals surface area contributed by atoms with Crippen molar-refractivity contribution in [2.24, 2.45) is 0 Å². The fourth-order valence-corrected chi connectivity index (χ4v) is 5.77. The van der Waals surface area contributed by atoms with Gasteiger partial charge in [-0.25, -0.2) is 4.39 Å². The maximum atomic E-state index is 13.8. The van der Waals surface area contributed by atoms with Crippen molar-refractivity contribution in [1.82, 2.24) is 10.2 Å². The lowest BCUT2D eigenvalue weighted by Crippen LogP contribution is -2.54. The van der Waals surface area contributed by atoms with Crippen molar-refractivity contribution >= 4 is 17.9 Å². The molecule has 2 amide bonds. The van der Waals surface area contributed by atoms with Crippen LogP contribution in [0.5, 0.6) is 0 Å². The number of nitrogens with one attached hydrogen (secondary N) is 1. The summed E-state index contributed by atoms with van der Waals surface area (Å²) in [6, 6.07) is 14.0. The molecule has 2 aromatic carbocycles. The van der Waals surface area contributed by atoms with E-state index in [1.165, 1.54) is 37.8 Å². The highest BCUT2D eigenvalue weighted by Gasteiger charge is 2.41. The van der Waals surface area contributed by atoms with Gasteiger partial charge < -0.3 is 15.0 Å². The zero-order valence-corrected chi connectivity index (χ0v) is 20.8. The van der Waals surface area contributed by atoms with Gasteiger partial charge in [0.05, 0.1) is 6.04 Å². The summed E-state index contributed by atoms with van der Waals surface area (Å²) >= 11 is 0. The van der Waals surface area contributed by atoms with Crippen LogP contribution in [0.25, 0.3) is 6.08 Å². The number of halogens is 1. The van der Waals surface area contributed by atoms with Crippen LogP contribution in [0.1, 0.15) is 85.7 Å². The molecule has 0 aromatic heterocycles. The molecule has 1 N–H and O–H groups in total. The highest BCUT2D eigenvalue weighted by atomic mass is 19.1. The van der Waals surface area contributed by atoms with Crippen LogP contribution in [-0.2, 0) is 16.1 Å². The summed E-state index contributed by atoms with van der Waals surface area (Å²) in [5.41, 5.74) is 2.21. The summed E-state index contributed by atoms with van der Waals surface area (Å²) < 4.78 is 20.0. The molecule has 5 nitrogen and oxygen atoms in total. The topological polar surface area (TPSA) is 58.6 Å². The Morgan fingerprint density at radius 2 is 1.69 bits per heavy atom. The molecule has 5 rings (SSSR count). The van der Waals surface area contributed by atoms with Gasteiger partial charge in [0, 0.05) is 18.2 Å². The van der Waals surface area contributed by atoms with Crippen molar-refractivity contribution in [3.63, 3.8) is 0 Å². The average molecular weight is 491 g/mol. The molecule has 1 saturated heterocycles. The normalized spacial score (nSPS) is 24.1. The Hall–Kier alpha value is -3.15. The molecule has 3 aliphatic rings. The molecule has 36 heavy (non-hydrogen) atoms. The molecule has 2 unspecified atom stereocenters. The van der Waals surface area contributed by atoms with Crippen LogP contribution in [0.2, 0.25) is 0 Å². The van der Waals surface area contributed by atoms with Crippen LogP contribution in [0.4, 0.5) is 4.39 Å². The smallest absolute Gasteiger partial charge is 0.289 e. The molecular formula is C30H35FN2O3. The lowest BCUT2D eigenvalue weighted by molar-refractivity contribution is -0.149. The zero-order chi connectivity index (χ0) is 24.9. The maximum Gasteiger partial charge on any atom is 0.289 e. The van der Waals surface area contributed by atoms with Gasteiger partial charge in [-0.1, -0.05) is 56.4 Å². The Morgan fingerprint density at radius 1 is 0.972 bits per heavy atom. The molecule has 1 aliphatic heterocycles. The molecule has 2 atom stereocenters. The van der Waals surface area contributed by atoms with E-state index in [1.54, 1.807) is 24.3 Å². The Labute approximate surface area is 212 Å². The van der Waals surface area contributed by atoms with Crippen molar-refractivity contribution in [3.05, 3.63) is 76.8 Å². The van der Waals surface area contributed by atoms with E-state index in [2.05, 4.69) is 5.32 Å². The first-order valence-electron chi connectivity index (χ1n) is 13.4. The van der Waals surface area contributed by atoms with E-state index >= 15 is 0 Å². The number of carbonyl (C=O) groups is 2. The Balaban J connectivity index is 1.31. The van der Waals surface area contributed by atoms with Crippen molar-refractivity contribution in [2.45, 2.75) is 88.9 Å². The third-order valence-corrected chi connectivity index (χ3v) is 7.72. The number of morpholine rings is 1. The van der Waals surface area contributed by atoms with Gasteiger partial charge in [0.1, 0.15) is 11.9 Å². The fraction of sp³-hybridized carbons (Fsp3) is 0.467. The number of rotatable bonds is 5. The van der Waals surface area contributed by atoms with E-state index in [9.17, 15) is 14.0 Å². The lowest BCUT2D eigenvalue weighted by atomic mass is 9.89. The van der Waals surface area contributed by atoms with Gasteiger partial charge in [-0.3, -0.25) is 9.59 Å². The quantitative estimate of drug-likeness (QED) is 0.414. The van der Waals surface area contributed by atoms with Gasteiger partial charge in [-0.2, -0.15) is 0 Å². The molecule has 2 saturated carbocycles. The summed E-state index contributed by atoms with van der Waals surface area (Å²) in [5, 5.41) is 3.18.